The second kappa shape index (κ2) is 4.53. The standard InChI is InChI=1S/C13H12FN5O/c1-15-18-13(20)8-3-9-11(4-10(8)14)16-5-7-6-17-19(2)12(7)9/h3-6,15H,1-2H3,(H,18,20). The van der Waals surface area contributed by atoms with E-state index in [1.807, 2.05) is 0 Å². The Kier molecular flexibility index (Phi) is 2.83. The number of hydrogen-bond acceptors (Lipinski definition) is 4. The molecule has 0 aliphatic carbocycles. The summed E-state index contributed by atoms with van der Waals surface area (Å²) in [6, 6.07) is 2.75. The van der Waals surface area contributed by atoms with E-state index in [2.05, 4.69) is 20.9 Å². The third-order valence-corrected chi connectivity index (χ3v) is 3.13. The maximum Gasteiger partial charge on any atom is 0.268 e. The fourth-order valence-corrected chi connectivity index (χ4v) is 2.23. The summed E-state index contributed by atoms with van der Waals surface area (Å²) >= 11 is 0. The van der Waals surface area contributed by atoms with E-state index >= 15 is 0 Å². The Morgan fingerprint density at radius 2 is 2.15 bits per heavy atom. The van der Waals surface area contributed by atoms with Crippen LogP contribution in [-0.2, 0) is 7.05 Å². The predicted octanol–water partition coefficient (Wildman–Crippen LogP) is 1.12. The van der Waals surface area contributed by atoms with Crippen molar-refractivity contribution in [3.05, 3.63) is 35.9 Å². The van der Waals surface area contributed by atoms with Crippen molar-refractivity contribution in [1.82, 2.24) is 25.6 Å². The van der Waals surface area contributed by atoms with Gasteiger partial charge < -0.3 is 0 Å². The minimum atomic E-state index is -0.612. The zero-order valence-electron chi connectivity index (χ0n) is 10.9. The van der Waals surface area contributed by atoms with Crippen LogP contribution in [0.15, 0.2) is 24.5 Å². The number of benzene rings is 1. The highest BCUT2D eigenvalue weighted by Gasteiger charge is 2.15. The van der Waals surface area contributed by atoms with Crippen LogP contribution in [0.5, 0.6) is 0 Å². The number of carbonyl (C=O) groups excluding carboxylic acids is 1. The molecule has 0 spiro atoms. The van der Waals surface area contributed by atoms with Crippen molar-refractivity contribution in [2.75, 3.05) is 7.05 Å². The van der Waals surface area contributed by atoms with Crippen LogP contribution in [0.4, 0.5) is 4.39 Å². The minimum Gasteiger partial charge on any atom is -0.288 e. The van der Waals surface area contributed by atoms with Gasteiger partial charge in [-0.3, -0.25) is 19.9 Å². The normalized spacial score (nSPS) is 11.2. The van der Waals surface area contributed by atoms with E-state index in [1.54, 1.807) is 24.1 Å². The van der Waals surface area contributed by atoms with Gasteiger partial charge in [0.1, 0.15) is 5.82 Å². The number of fused-ring (bicyclic) bond motifs is 3. The summed E-state index contributed by atoms with van der Waals surface area (Å²) in [6.07, 6.45) is 3.32. The molecule has 2 heterocycles. The molecule has 2 aromatic heterocycles. The molecule has 3 rings (SSSR count). The van der Waals surface area contributed by atoms with Crippen LogP contribution in [0, 0.1) is 5.82 Å². The molecule has 0 bridgehead atoms. The summed E-state index contributed by atoms with van der Waals surface area (Å²) in [5.74, 6) is -1.15. The van der Waals surface area contributed by atoms with E-state index in [0.29, 0.717) is 10.9 Å². The first-order valence-electron chi connectivity index (χ1n) is 5.99. The van der Waals surface area contributed by atoms with Crippen LogP contribution in [0.1, 0.15) is 10.4 Å². The van der Waals surface area contributed by atoms with E-state index < -0.39 is 11.7 Å². The fraction of sp³-hybridized carbons (Fsp3) is 0.154. The quantitative estimate of drug-likeness (QED) is 0.686. The Hall–Kier alpha value is -2.54. The van der Waals surface area contributed by atoms with Gasteiger partial charge in [0, 0.05) is 37.1 Å². The summed E-state index contributed by atoms with van der Waals surface area (Å²) in [4.78, 5) is 16.0. The van der Waals surface area contributed by atoms with E-state index in [0.717, 1.165) is 10.9 Å². The number of nitrogens with zero attached hydrogens (tertiary/aromatic N) is 3. The van der Waals surface area contributed by atoms with E-state index in [-0.39, 0.29) is 5.56 Å². The largest absolute Gasteiger partial charge is 0.288 e. The molecule has 7 heteroatoms. The molecular formula is C13H12FN5O. The molecule has 0 unspecified atom stereocenters. The van der Waals surface area contributed by atoms with Gasteiger partial charge in [-0.25, -0.2) is 9.82 Å². The van der Waals surface area contributed by atoms with Crippen LogP contribution in [0.3, 0.4) is 0 Å². The molecule has 0 aliphatic rings. The Bertz CT molecular complexity index is 826. The second-order valence-corrected chi connectivity index (χ2v) is 4.38. The van der Waals surface area contributed by atoms with Crippen LogP contribution in [0.2, 0.25) is 0 Å². The zero-order chi connectivity index (χ0) is 14.3. The van der Waals surface area contributed by atoms with E-state index in [1.165, 1.54) is 19.2 Å². The first-order chi connectivity index (χ1) is 9.61. The van der Waals surface area contributed by atoms with Crippen molar-refractivity contribution in [2.24, 2.45) is 7.05 Å². The smallest absolute Gasteiger partial charge is 0.268 e. The summed E-state index contributed by atoms with van der Waals surface area (Å²) in [5, 5.41) is 5.67. The summed E-state index contributed by atoms with van der Waals surface area (Å²) in [5.41, 5.74) is 6.10. The molecule has 20 heavy (non-hydrogen) atoms. The lowest BCUT2D eigenvalue weighted by molar-refractivity contribution is 0.0934. The Balaban J connectivity index is 2.33. The minimum absolute atomic E-state index is 0.0395. The van der Waals surface area contributed by atoms with Gasteiger partial charge in [0.05, 0.1) is 22.8 Å². The van der Waals surface area contributed by atoms with Crippen LogP contribution >= 0.6 is 0 Å². The topological polar surface area (TPSA) is 71.8 Å². The van der Waals surface area contributed by atoms with E-state index in [9.17, 15) is 9.18 Å². The number of hydrogen-bond donors (Lipinski definition) is 2. The molecule has 0 fully saturated rings. The van der Waals surface area contributed by atoms with Crippen molar-refractivity contribution in [2.45, 2.75) is 0 Å². The number of aromatic nitrogens is 3. The highest BCUT2D eigenvalue weighted by Crippen LogP contribution is 2.25. The number of rotatable bonds is 2. The maximum atomic E-state index is 14.0. The maximum absolute atomic E-state index is 14.0. The summed E-state index contributed by atoms with van der Waals surface area (Å²) < 4.78 is 15.6. The number of pyridine rings is 1. The fourth-order valence-electron chi connectivity index (χ4n) is 2.23. The van der Waals surface area contributed by atoms with Gasteiger partial charge in [0.15, 0.2) is 0 Å². The number of amides is 1. The van der Waals surface area contributed by atoms with Gasteiger partial charge in [0.25, 0.3) is 5.91 Å². The third-order valence-electron chi connectivity index (χ3n) is 3.13. The van der Waals surface area contributed by atoms with Crippen molar-refractivity contribution < 1.29 is 9.18 Å². The Morgan fingerprint density at radius 1 is 1.35 bits per heavy atom. The molecule has 0 radical (unpaired) electrons. The lowest BCUT2D eigenvalue weighted by atomic mass is 10.1. The van der Waals surface area contributed by atoms with Crippen molar-refractivity contribution in [3.8, 4) is 0 Å². The van der Waals surface area contributed by atoms with Gasteiger partial charge in [0.2, 0.25) is 0 Å². The van der Waals surface area contributed by atoms with Crippen LogP contribution < -0.4 is 10.9 Å². The molecule has 102 valence electrons. The highest BCUT2D eigenvalue weighted by atomic mass is 19.1. The molecule has 0 saturated carbocycles. The predicted molar refractivity (Wildman–Crippen MR) is 72.5 cm³/mol. The molecule has 0 aliphatic heterocycles. The molecule has 3 aromatic rings. The van der Waals surface area contributed by atoms with Gasteiger partial charge in [-0.1, -0.05) is 0 Å². The van der Waals surface area contributed by atoms with E-state index in [4.69, 9.17) is 0 Å². The molecule has 2 N–H and O–H groups in total. The lowest BCUT2D eigenvalue weighted by Crippen LogP contribution is -2.34. The van der Waals surface area contributed by atoms with Crippen LogP contribution in [-0.4, -0.2) is 27.7 Å². The van der Waals surface area contributed by atoms with Gasteiger partial charge >= 0.3 is 0 Å². The summed E-state index contributed by atoms with van der Waals surface area (Å²) in [6.45, 7) is 0. The molecule has 0 saturated heterocycles. The average molecular weight is 273 g/mol. The molecule has 0 atom stereocenters. The average Bonchev–Trinajstić information content (AvgIpc) is 2.80. The van der Waals surface area contributed by atoms with Crippen molar-refractivity contribution in [1.29, 1.82) is 0 Å². The van der Waals surface area contributed by atoms with Gasteiger partial charge in [-0.2, -0.15) is 5.10 Å². The lowest BCUT2D eigenvalue weighted by Gasteiger charge is -2.07. The molecule has 1 aromatic carbocycles. The first kappa shape index (κ1) is 12.5. The number of halogens is 1. The van der Waals surface area contributed by atoms with Crippen LogP contribution in [0.25, 0.3) is 21.8 Å². The Labute approximate surface area is 113 Å². The SMILES string of the molecule is CNNC(=O)c1cc2c(cc1F)ncc1cnn(C)c12. The summed E-state index contributed by atoms with van der Waals surface area (Å²) in [7, 11) is 3.33. The second-order valence-electron chi connectivity index (χ2n) is 4.38. The van der Waals surface area contributed by atoms with Gasteiger partial charge in [-0.15, -0.1) is 0 Å². The molecule has 1 amide bonds. The zero-order valence-corrected chi connectivity index (χ0v) is 10.9. The van der Waals surface area contributed by atoms with Gasteiger partial charge in [-0.05, 0) is 6.07 Å². The number of hydrazine groups is 1. The highest BCUT2D eigenvalue weighted by molar-refractivity contribution is 6.06. The monoisotopic (exact) mass is 273 g/mol. The number of aryl methyl sites for hydroxylation is 1. The van der Waals surface area contributed by atoms with Crippen molar-refractivity contribution >= 4 is 27.7 Å². The number of nitrogens with one attached hydrogen (secondary N) is 2. The molecule has 6 nitrogen and oxygen atoms in total. The molecular weight excluding hydrogens is 261 g/mol. The third kappa shape index (κ3) is 1.79. The number of carbonyl (C=O) groups is 1. The van der Waals surface area contributed by atoms with Crippen molar-refractivity contribution in [3.63, 3.8) is 0 Å². The Morgan fingerprint density at radius 3 is 2.90 bits per heavy atom. The first-order valence-corrected chi connectivity index (χ1v) is 5.99.